The van der Waals surface area contributed by atoms with Gasteiger partial charge < -0.3 is 16.0 Å². The second kappa shape index (κ2) is 4.08. The Morgan fingerprint density at radius 1 is 1.43 bits per heavy atom. The van der Waals surface area contributed by atoms with Crippen molar-refractivity contribution in [2.24, 2.45) is 5.73 Å². The van der Waals surface area contributed by atoms with E-state index in [1.165, 1.54) is 0 Å². The first kappa shape index (κ1) is 9.78. The second-order valence-corrected chi connectivity index (χ2v) is 2.31. The van der Waals surface area contributed by atoms with E-state index in [2.05, 4.69) is 16.0 Å². The molecular formula is C7H8N4O3. The van der Waals surface area contributed by atoms with Crippen LogP contribution in [0.25, 0.3) is 11.0 Å². The zero-order valence-electron chi connectivity index (χ0n) is 7.03. The van der Waals surface area contributed by atoms with Gasteiger partial charge >= 0.3 is 6.09 Å². The number of carbonyl (C=O) groups is 1. The molecule has 7 heteroatoms. The average molecular weight is 196 g/mol. The van der Waals surface area contributed by atoms with Crippen LogP contribution in [0.4, 0.5) is 4.79 Å². The van der Waals surface area contributed by atoms with E-state index in [1.54, 1.807) is 12.1 Å². The normalized spacial score (nSPS) is 9.14. The van der Waals surface area contributed by atoms with Gasteiger partial charge in [-0.15, -0.1) is 5.10 Å². The molecule has 1 heterocycles. The number of fused-ring (bicyclic) bond motifs is 1. The largest absolute Gasteiger partial charge is 0.465 e. The van der Waals surface area contributed by atoms with Crippen molar-refractivity contribution in [3.05, 3.63) is 24.3 Å². The number of nitrogens with two attached hydrogens (primary N) is 1. The molecule has 1 aromatic heterocycles. The number of rotatable bonds is 0. The highest BCUT2D eigenvalue weighted by Crippen LogP contribution is 2.06. The Kier molecular flexibility index (Phi) is 2.85. The van der Waals surface area contributed by atoms with Crippen molar-refractivity contribution in [1.29, 1.82) is 0 Å². The summed E-state index contributed by atoms with van der Waals surface area (Å²) in [5, 5.41) is 23.2. The predicted octanol–water partition coefficient (Wildman–Crippen LogP) is 0.292. The molecule has 0 aliphatic rings. The SMILES string of the molecule is NC(=O)O.On1nnc2ccccc21. The van der Waals surface area contributed by atoms with Gasteiger partial charge in [0, 0.05) is 0 Å². The number of primary amides is 1. The lowest BCUT2D eigenvalue weighted by Crippen LogP contribution is -2.03. The minimum absolute atomic E-state index is 0.627. The van der Waals surface area contributed by atoms with Crippen molar-refractivity contribution < 1.29 is 15.1 Å². The lowest BCUT2D eigenvalue weighted by Gasteiger charge is -1.85. The van der Waals surface area contributed by atoms with Gasteiger partial charge in [-0.1, -0.05) is 17.0 Å². The van der Waals surface area contributed by atoms with Crippen molar-refractivity contribution in [1.82, 2.24) is 15.2 Å². The van der Waals surface area contributed by atoms with E-state index >= 15 is 0 Å². The number of nitrogens with zero attached hydrogens (tertiary/aromatic N) is 3. The Morgan fingerprint density at radius 3 is 2.57 bits per heavy atom. The molecule has 0 radical (unpaired) electrons. The van der Waals surface area contributed by atoms with Gasteiger partial charge in [-0.25, -0.2) is 4.79 Å². The molecule has 0 saturated heterocycles. The predicted molar refractivity (Wildman–Crippen MR) is 46.9 cm³/mol. The van der Waals surface area contributed by atoms with Crippen LogP contribution < -0.4 is 5.73 Å². The highest BCUT2D eigenvalue weighted by atomic mass is 16.5. The summed E-state index contributed by atoms with van der Waals surface area (Å²) in [5.74, 6) is 0. The van der Waals surface area contributed by atoms with Crippen LogP contribution in [0.5, 0.6) is 0 Å². The number of hydrogen-bond donors (Lipinski definition) is 3. The first-order valence-electron chi connectivity index (χ1n) is 3.59. The Labute approximate surface area is 78.3 Å². The fourth-order valence-corrected chi connectivity index (χ4v) is 0.857. The van der Waals surface area contributed by atoms with Gasteiger partial charge in [0.1, 0.15) is 11.0 Å². The highest BCUT2D eigenvalue weighted by molar-refractivity contribution is 5.73. The van der Waals surface area contributed by atoms with Crippen LogP contribution in [0.2, 0.25) is 0 Å². The average Bonchev–Trinajstić information content (AvgIpc) is 2.48. The molecule has 0 atom stereocenters. The molecular weight excluding hydrogens is 188 g/mol. The molecule has 14 heavy (non-hydrogen) atoms. The molecule has 0 fully saturated rings. The minimum Gasteiger partial charge on any atom is -0.465 e. The molecule has 0 aliphatic carbocycles. The van der Waals surface area contributed by atoms with E-state index in [0.29, 0.717) is 11.0 Å². The Hall–Kier alpha value is -2.31. The number of carboxylic acid groups (broad SMARTS) is 1. The lowest BCUT2D eigenvalue weighted by molar-refractivity contribution is 0.154. The molecule has 1 aromatic carbocycles. The number of aromatic nitrogens is 3. The van der Waals surface area contributed by atoms with Crippen molar-refractivity contribution in [2.45, 2.75) is 0 Å². The monoisotopic (exact) mass is 196 g/mol. The molecule has 0 aliphatic heterocycles. The van der Waals surface area contributed by atoms with E-state index < -0.39 is 6.09 Å². The molecule has 0 spiro atoms. The summed E-state index contributed by atoms with van der Waals surface area (Å²) >= 11 is 0. The highest BCUT2D eigenvalue weighted by Gasteiger charge is 1.98. The van der Waals surface area contributed by atoms with Crippen molar-refractivity contribution in [3.8, 4) is 0 Å². The van der Waals surface area contributed by atoms with Crippen LogP contribution in [0, 0.1) is 0 Å². The van der Waals surface area contributed by atoms with Gasteiger partial charge in [0.15, 0.2) is 0 Å². The maximum atomic E-state index is 8.95. The lowest BCUT2D eigenvalue weighted by atomic mass is 10.3. The molecule has 1 amide bonds. The molecule has 0 bridgehead atoms. The van der Waals surface area contributed by atoms with Crippen LogP contribution in [-0.4, -0.2) is 31.6 Å². The summed E-state index contributed by atoms with van der Waals surface area (Å²) < 4.78 is 0. The second-order valence-electron chi connectivity index (χ2n) is 2.31. The van der Waals surface area contributed by atoms with E-state index in [1.807, 2.05) is 12.1 Å². The Morgan fingerprint density at radius 2 is 2.00 bits per heavy atom. The smallest absolute Gasteiger partial charge is 0.402 e. The summed E-state index contributed by atoms with van der Waals surface area (Å²) in [4.78, 5) is 9.54. The van der Waals surface area contributed by atoms with Crippen molar-refractivity contribution >= 4 is 17.1 Å². The molecule has 4 N–H and O–H groups in total. The zero-order valence-corrected chi connectivity index (χ0v) is 7.03. The number of amides is 1. The summed E-state index contributed by atoms with van der Waals surface area (Å²) in [5.41, 5.74) is 5.35. The van der Waals surface area contributed by atoms with E-state index in [-0.39, 0.29) is 0 Å². The van der Waals surface area contributed by atoms with E-state index in [9.17, 15) is 0 Å². The van der Waals surface area contributed by atoms with Crippen LogP contribution in [0.3, 0.4) is 0 Å². The summed E-state index contributed by atoms with van der Waals surface area (Å²) in [6.07, 6.45) is -1.33. The van der Waals surface area contributed by atoms with Crippen molar-refractivity contribution in [2.75, 3.05) is 0 Å². The fourth-order valence-electron chi connectivity index (χ4n) is 0.857. The third-order valence-electron chi connectivity index (χ3n) is 1.33. The molecule has 0 unspecified atom stereocenters. The van der Waals surface area contributed by atoms with Gasteiger partial charge in [0.05, 0.1) is 0 Å². The van der Waals surface area contributed by atoms with Gasteiger partial charge in [-0.2, -0.15) is 0 Å². The number of hydrogen-bond acceptors (Lipinski definition) is 4. The van der Waals surface area contributed by atoms with Gasteiger partial charge in [-0.3, -0.25) is 0 Å². The fraction of sp³-hybridized carbons (Fsp3) is 0. The van der Waals surface area contributed by atoms with E-state index in [4.69, 9.17) is 15.1 Å². The maximum Gasteiger partial charge on any atom is 0.402 e. The van der Waals surface area contributed by atoms with Crippen LogP contribution in [0.1, 0.15) is 0 Å². The first-order valence-corrected chi connectivity index (χ1v) is 3.59. The standard InChI is InChI=1S/C6H5N3O.CH3NO2/c10-9-6-4-2-1-3-5(6)7-8-9;2-1(3)4/h1-4,10H;2H2,(H,3,4). The third-order valence-corrected chi connectivity index (χ3v) is 1.33. The zero-order chi connectivity index (χ0) is 10.6. The van der Waals surface area contributed by atoms with Crippen LogP contribution >= 0.6 is 0 Å². The van der Waals surface area contributed by atoms with Crippen LogP contribution in [-0.2, 0) is 0 Å². The Bertz CT molecular complexity index is 435. The molecule has 2 aromatic rings. The Balaban J connectivity index is 0.000000213. The molecule has 0 saturated carbocycles. The quantitative estimate of drug-likeness (QED) is 0.524. The van der Waals surface area contributed by atoms with E-state index in [0.717, 1.165) is 4.85 Å². The molecule has 7 nitrogen and oxygen atoms in total. The molecule has 74 valence electrons. The number of benzene rings is 1. The summed E-state index contributed by atoms with van der Waals surface area (Å²) in [6, 6.07) is 7.19. The van der Waals surface area contributed by atoms with Gasteiger partial charge in [0.25, 0.3) is 0 Å². The maximum absolute atomic E-state index is 8.95. The summed E-state index contributed by atoms with van der Waals surface area (Å²) in [6.45, 7) is 0. The summed E-state index contributed by atoms with van der Waals surface area (Å²) in [7, 11) is 0. The van der Waals surface area contributed by atoms with Gasteiger partial charge in [0.2, 0.25) is 0 Å². The van der Waals surface area contributed by atoms with Gasteiger partial charge in [-0.05, 0) is 17.3 Å². The topological polar surface area (TPSA) is 114 Å². The number of para-hydroxylation sites is 1. The minimum atomic E-state index is -1.33. The van der Waals surface area contributed by atoms with Crippen molar-refractivity contribution in [3.63, 3.8) is 0 Å². The third kappa shape index (κ3) is 2.34. The molecule has 2 rings (SSSR count). The first-order chi connectivity index (χ1) is 6.61. The van der Waals surface area contributed by atoms with Crippen LogP contribution in [0.15, 0.2) is 24.3 Å².